The molecule has 1 fully saturated rings. The SMILES string of the molecule is CCCCN(CCCC[N+](C)(C)C)C(=O)CN1CCCC1COc1ccccc1OC.COC1=C(/C)COCO/C(C)=C/C(C)=C\1.CSC(=O)O. The molecule has 1 unspecified atom stereocenters. The number of carbonyl (C=O) groups excluding carboxylic acids is 1. The number of amides is 1. The number of rotatable bonds is 15. The van der Waals surface area contributed by atoms with Gasteiger partial charge in [0.15, 0.2) is 18.3 Å². The van der Waals surface area contributed by atoms with Gasteiger partial charge in [-0.25, -0.2) is 4.79 Å². The van der Waals surface area contributed by atoms with Gasteiger partial charge >= 0.3 is 5.30 Å². The maximum atomic E-state index is 13.1. The number of para-hydroxylation sites is 2. The fourth-order valence-corrected chi connectivity index (χ4v) is 5.46. The van der Waals surface area contributed by atoms with Gasteiger partial charge in [0.25, 0.3) is 0 Å². The lowest BCUT2D eigenvalue weighted by Crippen LogP contribution is -2.44. The van der Waals surface area contributed by atoms with Crippen molar-refractivity contribution in [2.45, 2.75) is 72.3 Å². The molecule has 0 spiro atoms. The van der Waals surface area contributed by atoms with E-state index in [-0.39, 0.29) is 18.7 Å². The quantitative estimate of drug-likeness (QED) is 0.144. The Bertz CT molecular complexity index is 1260. The topological polar surface area (TPSA) is 107 Å². The molecule has 12 heteroatoms. The Morgan fingerprint density at radius 2 is 1.69 bits per heavy atom. The van der Waals surface area contributed by atoms with Gasteiger partial charge in [0.05, 0.1) is 60.8 Å². The number of benzene rings is 1. The first-order valence-corrected chi connectivity index (χ1v) is 19.1. The van der Waals surface area contributed by atoms with Crippen molar-refractivity contribution in [3.8, 4) is 11.5 Å². The molecule has 1 saturated heterocycles. The van der Waals surface area contributed by atoms with E-state index >= 15 is 0 Å². The lowest BCUT2D eigenvalue weighted by molar-refractivity contribution is -0.870. The zero-order valence-electron chi connectivity index (χ0n) is 33.0. The number of allylic oxidation sites excluding steroid dienone is 4. The zero-order valence-corrected chi connectivity index (χ0v) is 33.8. The van der Waals surface area contributed by atoms with Crippen molar-refractivity contribution in [2.75, 3.05) is 94.3 Å². The number of quaternary nitrogens is 1. The smallest absolute Gasteiger partial charge is 0.364 e. The van der Waals surface area contributed by atoms with Crippen LogP contribution in [0.15, 0.2) is 59.1 Å². The minimum atomic E-state index is -0.829. The minimum absolute atomic E-state index is 0.267. The molecule has 0 aromatic heterocycles. The molecule has 2 heterocycles. The maximum absolute atomic E-state index is 13.1. The monoisotopic (exact) mass is 736 g/mol. The lowest BCUT2D eigenvalue weighted by atomic mass is 10.2. The Morgan fingerprint density at radius 3 is 2.29 bits per heavy atom. The molecule has 0 radical (unpaired) electrons. The number of likely N-dealkylation sites (tertiary alicyclic amines) is 1. The van der Waals surface area contributed by atoms with Gasteiger partial charge < -0.3 is 38.2 Å². The maximum Gasteiger partial charge on any atom is 0.364 e. The molecule has 0 bridgehead atoms. The predicted octanol–water partition coefficient (Wildman–Crippen LogP) is 7.44. The fourth-order valence-electron chi connectivity index (χ4n) is 5.46. The lowest BCUT2D eigenvalue weighted by Gasteiger charge is -2.29. The molecule has 0 aliphatic carbocycles. The summed E-state index contributed by atoms with van der Waals surface area (Å²) in [7, 11) is 10.00. The molecule has 1 aromatic carbocycles. The van der Waals surface area contributed by atoms with Crippen molar-refractivity contribution in [3.63, 3.8) is 0 Å². The van der Waals surface area contributed by atoms with Crippen molar-refractivity contribution in [2.24, 2.45) is 0 Å². The third-order valence-corrected chi connectivity index (χ3v) is 8.62. The van der Waals surface area contributed by atoms with Gasteiger partial charge in [0.2, 0.25) is 5.91 Å². The standard InChI is InChI=1S/C25H44N3O3.C12H18O3.C2H4O2S/c1-6-7-16-26(17-10-11-19-28(2,3)4)25(29)20-27-18-12-13-22(27)21-31-24-15-9-8-14-23(24)30-5;1-9-5-11(3)15-8-14-7-10(2)12(6-9)13-4;1-5-2(3)4/h8-9,14-15,22H,6-7,10-13,16-21H2,1-5H3;5-6H,7-8H2,1-4H3;1H3,(H,3,4)/q+1;;/b;9-6-,11-5+,12-10-;. The van der Waals surface area contributed by atoms with Crippen LogP contribution in [-0.4, -0.2) is 131 Å². The van der Waals surface area contributed by atoms with Gasteiger partial charge in [0.1, 0.15) is 12.4 Å². The Hall–Kier alpha value is -3.19. The summed E-state index contributed by atoms with van der Waals surface area (Å²) in [6, 6.07) is 8.02. The van der Waals surface area contributed by atoms with Crippen molar-refractivity contribution < 1.29 is 42.9 Å². The van der Waals surface area contributed by atoms with Crippen LogP contribution in [0.5, 0.6) is 11.5 Å². The third kappa shape index (κ3) is 20.4. The third-order valence-electron chi connectivity index (χ3n) is 8.27. The van der Waals surface area contributed by atoms with E-state index in [0.29, 0.717) is 19.8 Å². The first-order valence-electron chi connectivity index (χ1n) is 17.9. The normalized spacial score (nSPS) is 20.1. The van der Waals surface area contributed by atoms with Crippen LogP contribution in [0.1, 0.15) is 66.2 Å². The van der Waals surface area contributed by atoms with Gasteiger partial charge in [-0.2, -0.15) is 0 Å². The largest absolute Gasteiger partial charge is 0.497 e. The van der Waals surface area contributed by atoms with Gasteiger partial charge in [0, 0.05) is 19.1 Å². The summed E-state index contributed by atoms with van der Waals surface area (Å²) in [5.74, 6) is 3.49. The molecule has 51 heavy (non-hydrogen) atoms. The van der Waals surface area contributed by atoms with Crippen molar-refractivity contribution in [3.05, 3.63) is 59.1 Å². The second kappa shape index (κ2) is 25.7. The fraction of sp³-hybridized carbons (Fsp3) is 0.641. The summed E-state index contributed by atoms with van der Waals surface area (Å²) in [6.45, 7) is 13.8. The van der Waals surface area contributed by atoms with Gasteiger partial charge in [-0.05, 0) is 113 Å². The predicted molar refractivity (Wildman–Crippen MR) is 207 cm³/mol. The Labute approximate surface area is 312 Å². The van der Waals surface area contributed by atoms with Crippen molar-refractivity contribution in [1.29, 1.82) is 0 Å². The van der Waals surface area contributed by atoms with Crippen molar-refractivity contribution >= 4 is 23.0 Å². The summed E-state index contributed by atoms with van der Waals surface area (Å²) in [4.78, 5) is 26.9. The zero-order chi connectivity index (χ0) is 38.2. The molecular weight excluding hydrogens is 671 g/mol. The molecule has 11 nitrogen and oxygen atoms in total. The first kappa shape index (κ1) is 45.8. The molecule has 1 N–H and O–H groups in total. The molecule has 2 aliphatic heterocycles. The summed E-state index contributed by atoms with van der Waals surface area (Å²) >= 11 is 0.796. The first-order chi connectivity index (χ1) is 24.2. The van der Waals surface area contributed by atoms with Gasteiger partial charge in [-0.15, -0.1) is 0 Å². The number of carbonyl (C=O) groups is 2. The molecule has 1 aromatic rings. The Balaban J connectivity index is 0.000000536. The molecule has 3 rings (SSSR count). The van der Waals surface area contributed by atoms with E-state index in [2.05, 4.69) is 37.9 Å². The van der Waals surface area contributed by atoms with E-state index in [1.54, 1.807) is 14.2 Å². The number of carboxylic acid groups (broad SMARTS) is 1. The summed E-state index contributed by atoms with van der Waals surface area (Å²) in [5, 5.41) is 6.86. The number of nitrogens with zero attached hydrogens (tertiary/aromatic N) is 3. The molecule has 1 amide bonds. The van der Waals surface area contributed by atoms with Crippen LogP contribution in [-0.2, 0) is 19.0 Å². The average molecular weight is 737 g/mol. The average Bonchev–Trinajstić information content (AvgIpc) is 3.54. The summed E-state index contributed by atoms with van der Waals surface area (Å²) in [5.41, 5.74) is 2.17. The van der Waals surface area contributed by atoms with E-state index < -0.39 is 5.30 Å². The number of ether oxygens (including phenoxy) is 5. The van der Waals surface area contributed by atoms with E-state index in [0.717, 1.165) is 115 Å². The number of thioether (sulfide) groups is 1. The highest BCUT2D eigenvalue weighted by Crippen LogP contribution is 2.27. The van der Waals surface area contributed by atoms with Crippen LogP contribution >= 0.6 is 11.8 Å². The molecular formula is C39H66N3O8S+. The number of unbranched alkanes of at least 4 members (excludes halogenated alkanes) is 2. The van der Waals surface area contributed by atoms with E-state index in [1.165, 1.54) is 6.26 Å². The van der Waals surface area contributed by atoms with Gasteiger partial charge in [-0.1, -0.05) is 25.5 Å². The summed E-state index contributed by atoms with van der Waals surface area (Å²) < 4.78 is 28.4. The second-order valence-electron chi connectivity index (χ2n) is 13.8. The number of hydrogen-bond acceptors (Lipinski definition) is 9. The molecule has 2 aliphatic rings. The van der Waals surface area contributed by atoms with Gasteiger partial charge in [-0.3, -0.25) is 9.69 Å². The highest BCUT2D eigenvalue weighted by atomic mass is 32.2. The van der Waals surface area contributed by atoms with Crippen LogP contribution in [0.2, 0.25) is 0 Å². The second-order valence-corrected chi connectivity index (χ2v) is 14.5. The van der Waals surface area contributed by atoms with Crippen LogP contribution in [0.3, 0.4) is 0 Å². The number of methoxy groups -OCH3 is 2. The van der Waals surface area contributed by atoms with Crippen LogP contribution in [0.4, 0.5) is 4.79 Å². The van der Waals surface area contributed by atoms with Crippen LogP contribution in [0, 0.1) is 0 Å². The highest BCUT2D eigenvalue weighted by Gasteiger charge is 2.28. The van der Waals surface area contributed by atoms with E-state index in [9.17, 15) is 9.59 Å². The minimum Gasteiger partial charge on any atom is -0.497 e. The molecule has 0 saturated carbocycles. The highest BCUT2D eigenvalue weighted by molar-refractivity contribution is 8.12. The molecule has 1 atom stereocenters. The van der Waals surface area contributed by atoms with Crippen LogP contribution in [0.25, 0.3) is 0 Å². The van der Waals surface area contributed by atoms with E-state index in [1.807, 2.05) is 57.2 Å². The Morgan fingerprint density at radius 1 is 1.02 bits per heavy atom. The molecule has 290 valence electrons. The summed E-state index contributed by atoms with van der Waals surface area (Å²) in [6.07, 6.45) is 12.1. The van der Waals surface area contributed by atoms with E-state index in [4.69, 9.17) is 28.8 Å². The van der Waals surface area contributed by atoms with Crippen molar-refractivity contribution in [1.82, 2.24) is 9.80 Å². The number of hydrogen-bond donors (Lipinski definition) is 1. The van der Waals surface area contributed by atoms with Crippen LogP contribution < -0.4 is 9.47 Å². The Kier molecular flexibility index (Phi) is 23.1.